The zero-order chi connectivity index (χ0) is 24.9. The average molecular weight is 459 g/mol. The largest absolute Gasteiger partial charge is 0.351 e. The molecule has 2 amide bonds. The highest BCUT2D eigenvalue weighted by Gasteiger charge is 2.32. The van der Waals surface area contributed by atoms with Crippen LogP contribution in [-0.2, 0) is 35.5 Å². The first kappa shape index (κ1) is 26.6. The maximum Gasteiger partial charge on any atom is 0.241 e. The van der Waals surface area contributed by atoms with Gasteiger partial charge in [0.2, 0.25) is 11.8 Å². The smallest absolute Gasteiger partial charge is 0.241 e. The van der Waals surface area contributed by atoms with Gasteiger partial charge in [-0.1, -0.05) is 72.8 Å². The highest BCUT2D eigenvalue weighted by molar-refractivity contribution is 5.92. The number of hydrogen-bond acceptors (Lipinski definition) is 4. The minimum atomic E-state index is -1.10. The molecule has 0 saturated carbocycles. The van der Waals surface area contributed by atoms with Gasteiger partial charge in [-0.3, -0.25) is 9.59 Å². The van der Waals surface area contributed by atoms with Crippen molar-refractivity contribution in [1.29, 1.82) is 0 Å². The Bertz CT molecular complexity index is 1020. The Kier molecular flexibility index (Phi) is 10.8. The van der Waals surface area contributed by atoms with Crippen molar-refractivity contribution in [2.24, 2.45) is 11.5 Å². The molecule has 0 fully saturated rings. The fraction of sp³-hybridized carbons (Fsp3) is 0.286. The van der Waals surface area contributed by atoms with Crippen LogP contribution in [0, 0.1) is 12.8 Å². The number of allylic oxidation sites excluding steroid dienone is 4. The summed E-state index contributed by atoms with van der Waals surface area (Å²) in [5.74, 6) is -0.723. The van der Waals surface area contributed by atoms with E-state index < -0.39 is 18.0 Å². The van der Waals surface area contributed by atoms with Gasteiger partial charge in [0.25, 0.3) is 0 Å². The molecule has 0 bridgehead atoms. The molecule has 3 rings (SSSR count). The third-order valence-corrected chi connectivity index (χ3v) is 5.70. The summed E-state index contributed by atoms with van der Waals surface area (Å²) in [7, 11) is 0. The maximum atomic E-state index is 12.8. The lowest BCUT2D eigenvalue weighted by Gasteiger charge is -2.32. The number of hydrogen-bond donors (Lipinski definition) is 3. The van der Waals surface area contributed by atoms with Gasteiger partial charge in [0.15, 0.2) is 0 Å². The molecule has 1 aliphatic rings. The first-order chi connectivity index (χ1) is 16.5. The molecule has 2 unspecified atom stereocenters. The predicted molar refractivity (Wildman–Crippen MR) is 137 cm³/mol. The molecule has 6 nitrogen and oxygen atoms in total. The van der Waals surface area contributed by atoms with Crippen molar-refractivity contribution in [3.05, 3.63) is 95.1 Å². The van der Waals surface area contributed by atoms with E-state index in [1.54, 1.807) is 4.90 Å². The molecule has 2 aromatic carbocycles. The van der Waals surface area contributed by atoms with Crippen LogP contribution in [0.1, 0.15) is 29.2 Å². The summed E-state index contributed by atoms with van der Waals surface area (Å²) in [5.41, 5.74) is 16.6. The van der Waals surface area contributed by atoms with E-state index in [4.69, 9.17) is 11.5 Å². The SMILES string of the molecule is C#C.C/C=C\C=C/Cc1ccc(CNC(=O)C(N)C(N)C(=O)N2CCc3ccccc3C2)cc1. The second-order valence-corrected chi connectivity index (χ2v) is 8.02. The number of benzene rings is 2. The van der Waals surface area contributed by atoms with Crippen molar-refractivity contribution < 1.29 is 9.59 Å². The molecular formula is C28H34N4O2. The standard InChI is InChI=1S/C26H32N4O2.C2H2/c1-2-3-4-5-8-19-11-13-20(14-12-19)17-29-25(31)23(27)24(28)26(32)30-16-15-21-9-6-7-10-22(21)18-30;1-2/h2-7,9-14,23-24H,8,15-18,27-28H2,1H3,(H,29,31);1-2H/b3-2-,5-4-;. The monoisotopic (exact) mass is 458 g/mol. The van der Waals surface area contributed by atoms with Gasteiger partial charge in [0.05, 0.1) is 0 Å². The Morgan fingerprint density at radius 3 is 2.32 bits per heavy atom. The Labute approximate surface area is 202 Å². The summed E-state index contributed by atoms with van der Waals surface area (Å²) in [6.07, 6.45) is 17.7. The van der Waals surface area contributed by atoms with Crippen LogP contribution in [0.4, 0.5) is 0 Å². The normalized spacial score (nSPS) is 14.7. The molecule has 6 heteroatoms. The zero-order valence-electron chi connectivity index (χ0n) is 19.7. The van der Waals surface area contributed by atoms with Crippen LogP contribution in [0.5, 0.6) is 0 Å². The van der Waals surface area contributed by atoms with Crippen molar-refractivity contribution in [1.82, 2.24) is 10.2 Å². The van der Waals surface area contributed by atoms with Gasteiger partial charge in [-0.05, 0) is 42.0 Å². The highest BCUT2D eigenvalue weighted by atomic mass is 16.2. The number of rotatable bonds is 8. The summed E-state index contributed by atoms with van der Waals surface area (Å²) in [6, 6.07) is 13.9. The van der Waals surface area contributed by atoms with E-state index in [2.05, 4.69) is 30.3 Å². The van der Waals surface area contributed by atoms with Crippen LogP contribution >= 0.6 is 0 Å². The number of terminal acetylenes is 1. The molecule has 0 radical (unpaired) electrons. The van der Waals surface area contributed by atoms with E-state index in [9.17, 15) is 9.59 Å². The number of carbonyl (C=O) groups is 2. The number of nitrogens with one attached hydrogen (secondary N) is 1. The summed E-state index contributed by atoms with van der Waals surface area (Å²) >= 11 is 0. The minimum absolute atomic E-state index is 0.294. The second-order valence-electron chi connectivity index (χ2n) is 8.02. The average Bonchev–Trinajstić information content (AvgIpc) is 2.90. The fourth-order valence-corrected chi connectivity index (χ4v) is 3.71. The topological polar surface area (TPSA) is 101 Å². The van der Waals surface area contributed by atoms with Gasteiger partial charge < -0.3 is 21.7 Å². The molecule has 2 atom stereocenters. The van der Waals surface area contributed by atoms with Gasteiger partial charge in [0, 0.05) is 19.6 Å². The van der Waals surface area contributed by atoms with Gasteiger partial charge in [-0.2, -0.15) is 0 Å². The van der Waals surface area contributed by atoms with Crippen LogP contribution in [0.25, 0.3) is 0 Å². The summed E-state index contributed by atoms with van der Waals surface area (Å²) in [5, 5.41) is 2.79. The Morgan fingerprint density at radius 2 is 1.65 bits per heavy atom. The third kappa shape index (κ3) is 7.45. The second kappa shape index (κ2) is 13.8. The maximum absolute atomic E-state index is 12.8. The van der Waals surface area contributed by atoms with E-state index in [-0.39, 0.29) is 5.91 Å². The number of amides is 2. The molecule has 0 aromatic heterocycles. The Hall–Kier alpha value is -3.66. The molecule has 0 saturated heterocycles. The first-order valence-electron chi connectivity index (χ1n) is 11.3. The van der Waals surface area contributed by atoms with Crippen molar-refractivity contribution in [2.75, 3.05) is 6.54 Å². The lowest BCUT2D eigenvalue weighted by atomic mass is 9.98. The highest BCUT2D eigenvalue weighted by Crippen LogP contribution is 2.19. The van der Waals surface area contributed by atoms with E-state index >= 15 is 0 Å². The van der Waals surface area contributed by atoms with E-state index in [0.29, 0.717) is 19.6 Å². The third-order valence-electron chi connectivity index (χ3n) is 5.70. The van der Waals surface area contributed by atoms with E-state index in [0.717, 1.165) is 24.0 Å². The Balaban J connectivity index is 0.00000199. The molecule has 5 N–H and O–H groups in total. The molecule has 1 heterocycles. The van der Waals surface area contributed by atoms with E-state index in [1.165, 1.54) is 11.1 Å². The van der Waals surface area contributed by atoms with Crippen molar-refractivity contribution in [2.45, 2.75) is 44.9 Å². The van der Waals surface area contributed by atoms with Gasteiger partial charge in [0.1, 0.15) is 12.1 Å². The summed E-state index contributed by atoms with van der Waals surface area (Å²) in [6.45, 7) is 3.38. The molecule has 34 heavy (non-hydrogen) atoms. The van der Waals surface area contributed by atoms with Crippen LogP contribution in [0.2, 0.25) is 0 Å². The van der Waals surface area contributed by atoms with Crippen molar-refractivity contribution in [3.8, 4) is 12.8 Å². The molecule has 0 spiro atoms. The van der Waals surface area contributed by atoms with E-state index in [1.807, 2.05) is 67.6 Å². The lowest BCUT2D eigenvalue weighted by Crippen LogP contribution is -2.59. The van der Waals surface area contributed by atoms with Crippen LogP contribution in [-0.4, -0.2) is 35.3 Å². The quantitative estimate of drug-likeness (QED) is 0.418. The van der Waals surface area contributed by atoms with Crippen LogP contribution in [0.3, 0.4) is 0 Å². The number of carbonyl (C=O) groups excluding carboxylic acids is 2. The van der Waals surface area contributed by atoms with Crippen LogP contribution in [0.15, 0.2) is 72.8 Å². The van der Waals surface area contributed by atoms with Crippen molar-refractivity contribution in [3.63, 3.8) is 0 Å². The zero-order valence-corrected chi connectivity index (χ0v) is 19.7. The van der Waals surface area contributed by atoms with Crippen molar-refractivity contribution >= 4 is 11.8 Å². The fourth-order valence-electron chi connectivity index (χ4n) is 3.71. The van der Waals surface area contributed by atoms with Crippen LogP contribution < -0.4 is 16.8 Å². The van der Waals surface area contributed by atoms with Gasteiger partial charge >= 0.3 is 0 Å². The lowest BCUT2D eigenvalue weighted by molar-refractivity contribution is -0.136. The minimum Gasteiger partial charge on any atom is -0.351 e. The molecule has 1 aliphatic heterocycles. The summed E-state index contributed by atoms with van der Waals surface area (Å²) < 4.78 is 0. The first-order valence-corrected chi connectivity index (χ1v) is 11.3. The molecular weight excluding hydrogens is 424 g/mol. The summed E-state index contributed by atoms with van der Waals surface area (Å²) in [4.78, 5) is 27.0. The molecule has 0 aliphatic carbocycles. The predicted octanol–water partition coefficient (Wildman–Crippen LogP) is 2.47. The number of fused-ring (bicyclic) bond motifs is 1. The Morgan fingerprint density at radius 1 is 1.00 bits per heavy atom. The number of nitrogens with zero attached hydrogens (tertiary/aromatic N) is 1. The number of nitrogens with two attached hydrogens (primary N) is 2. The van der Waals surface area contributed by atoms with Gasteiger partial charge in [-0.15, -0.1) is 12.8 Å². The molecule has 2 aromatic rings. The molecule has 178 valence electrons. The van der Waals surface area contributed by atoms with Gasteiger partial charge in [-0.25, -0.2) is 0 Å².